The van der Waals surface area contributed by atoms with Crippen LogP contribution in [0.1, 0.15) is 49.8 Å². The van der Waals surface area contributed by atoms with Crippen LogP contribution in [0.15, 0.2) is 54.6 Å². The molecule has 2 amide bonds. The second-order valence-corrected chi connectivity index (χ2v) is 10.4. The maximum Gasteiger partial charge on any atom is 0.433 e. The minimum Gasteiger partial charge on any atom is -0.445 e. The second kappa shape index (κ2) is 13.2. The van der Waals surface area contributed by atoms with Gasteiger partial charge in [-0.15, -0.1) is 0 Å². The van der Waals surface area contributed by atoms with E-state index >= 15 is 0 Å². The Morgan fingerprint density at radius 2 is 1.80 bits per heavy atom. The lowest BCUT2D eigenvalue weighted by Gasteiger charge is -2.37. The molecule has 0 aliphatic heterocycles. The van der Waals surface area contributed by atoms with Gasteiger partial charge in [-0.2, -0.15) is 13.2 Å². The van der Waals surface area contributed by atoms with Crippen LogP contribution in [-0.4, -0.2) is 42.7 Å². The van der Waals surface area contributed by atoms with E-state index in [1.165, 1.54) is 12.1 Å². The molecule has 0 saturated heterocycles. The van der Waals surface area contributed by atoms with E-state index in [2.05, 4.69) is 15.6 Å². The number of carbonyl (C=O) groups excluding carboxylic acids is 2. The lowest BCUT2D eigenvalue weighted by molar-refractivity contribution is -0.140. The van der Waals surface area contributed by atoms with Crippen molar-refractivity contribution in [3.8, 4) is 0 Å². The van der Waals surface area contributed by atoms with Crippen LogP contribution in [0.25, 0.3) is 10.9 Å². The highest BCUT2D eigenvalue weighted by atomic mass is 35.5. The Kier molecular flexibility index (Phi) is 9.73. The number of benzene rings is 2. The average Bonchev–Trinajstić information content (AvgIpc) is 2.93. The van der Waals surface area contributed by atoms with Gasteiger partial charge < -0.3 is 20.3 Å². The number of alkyl halides is 3. The first-order valence-electron chi connectivity index (χ1n) is 13.2. The number of halogens is 4. The zero-order chi connectivity index (χ0) is 28.7. The van der Waals surface area contributed by atoms with Gasteiger partial charge in [0.25, 0.3) is 0 Å². The number of ether oxygens (including phenoxy) is 1. The number of anilines is 1. The van der Waals surface area contributed by atoms with Crippen molar-refractivity contribution < 1.29 is 27.5 Å². The number of fused-ring (bicyclic) bond motifs is 1. The summed E-state index contributed by atoms with van der Waals surface area (Å²) in [5, 5.41) is 6.68. The Morgan fingerprint density at radius 3 is 2.50 bits per heavy atom. The minimum absolute atomic E-state index is 0.00434. The molecule has 7 nitrogen and oxygen atoms in total. The molecule has 3 aromatic rings. The van der Waals surface area contributed by atoms with Crippen LogP contribution in [0.4, 0.5) is 23.7 Å². The monoisotopic (exact) mass is 576 g/mol. The van der Waals surface area contributed by atoms with Crippen molar-refractivity contribution in [2.45, 2.75) is 63.4 Å². The molecule has 1 heterocycles. The summed E-state index contributed by atoms with van der Waals surface area (Å²) in [6, 6.07) is 15.1. The Balaban J connectivity index is 1.22. The molecule has 0 bridgehead atoms. The van der Waals surface area contributed by atoms with Crippen LogP contribution in [0.5, 0.6) is 0 Å². The normalized spacial score (nSPS) is 17.3. The zero-order valence-corrected chi connectivity index (χ0v) is 22.9. The largest absolute Gasteiger partial charge is 0.445 e. The number of nitrogens with one attached hydrogen (secondary N) is 2. The van der Waals surface area contributed by atoms with Crippen LogP contribution < -0.4 is 15.5 Å². The number of amides is 2. The van der Waals surface area contributed by atoms with Gasteiger partial charge in [0.05, 0.1) is 5.52 Å². The van der Waals surface area contributed by atoms with E-state index in [0.29, 0.717) is 54.7 Å². The molecule has 0 unspecified atom stereocenters. The molecular weight excluding hydrogens is 545 g/mol. The van der Waals surface area contributed by atoms with E-state index in [0.717, 1.165) is 11.6 Å². The third-order valence-electron chi connectivity index (χ3n) is 7.09. The van der Waals surface area contributed by atoms with Crippen molar-refractivity contribution in [3.05, 3.63) is 70.9 Å². The molecule has 4 rings (SSSR count). The van der Waals surface area contributed by atoms with Gasteiger partial charge in [0.15, 0.2) is 0 Å². The van der Waals surface area contributed by atoms with Gasteiger partial charge in [-0.3, -0.25) is 4.79 Å². The summed E-state index contributed by atoms with van der Waals surface area (Å²) < 4.78 is 45.7. The molecule has 0 spiro atoms. The predicted octanol–water partition coefficient (Wildman–Crippen LogP) is 6.48. The molecule has 1 saturated carbocycles. The molecule has 1 fully saturated rings. The van der Waals surface area contributed by atoms with Crippen molar-refractivity contribution in [1.82, 2.24) is 15.6 Å². The van der Waals surface area contributed by atoms with Crippen LogP contribution in [-0.2, 0) is 22.3 Å². The zero-order valence-electron chi connectivity index (χ0n) is 22.1. The third-order valence-corrected chi connectivity index (χ3v) is 7.33. The summed E-state index contributed by atoms with van der Waals surface area (Å²) in [5.41, 5.74) is 0.620. The van der Waals surface area contributed by atoms with E-state index in [9.17, 15) is 22.8 Å². The first-order valence-corrected chi connectivity index (χ1v) is 13.6. The Labute approximate surface area is 236 Å². The molecule has 0 radical (unpaired) electrons. The van der Waals surface area contributed by atoms with Gasteiger partial charge >= 0.3 is 12.3 Å². The number of nitrogens with zero attached hydrogens (tertiary/aromatic N) is 2. The molecule has 2 N–H and O–H groups in total. The number of alkyl carbamates (subject to hydrolysis) is 1. The quantitative estimate of drug-likeness (QED) is 0.285. The molecule has 2 aromatic carbocycles. The predicted molar refractivity (Wildman–Crippen MR) is 148 cm³/mol. The molecular formula is C29H32ClF3N4O3. The highest BCUT2D eigenvalue weighted by Gasteiger charge is 2.34. The van der Waals surface area contributed by atoms with Gasteiger partial charge in [0.1, 0.15) is 12.3 Å². The number of aromatic nitrogens is 1. The maximum atomic E-state index is 13.5. The van der Waals surface area contributed by atoms with E-state index in [-0.39, 0.29) is 36.5 Å². The molecule has 1 aliphatic carbocycles. The first-order chi connectivity index (χ1) is 19.1. The topological polar surface area (TPSA) is 83.6 Å². The van der Waals surface area contributed by atoms with Crippen molar-refractivity contribution in [3.63, 3.8) is 0 Å². The summed E-state index contributed by atoms with van der Waals surface area (Å²) in [6.45, 7) is 0.502. The molecule has 11 heteroatoms. The van der Waals surface area contributed by atoms with E-state index in [1.807, 2.05) is 35.2 Å². The second-order valence-electron chi connectivity index (χ2n) is 9.96. The standard InChI is InChI=1S/C29H32ClF3N4O3/c1-37(25-17-26(29(31,32)33)36-24-14-9-20(30)16-23(24)25)22-12-10-21(11-13-22)35-27(38)8-5-15-34-28(39)40-18-19-6-3-2-4-7-19/h2-4,6-7,9,14,16-17,21-22H,5,8,10-13,15,18H2,1H3,(H,34,39)(H,35,38)/t21-,22+. The first kappa shape index (κ1) is 29.5. The fourth-order valence-electron chi connectivity index (χ4n) is 4.93. The number of rotatable bonds is 9. The minimum atomic E-state index is -4.57. The van der Waals surface area contributed by atoms with Crippen molar-refractivity contribution >= 4 is 40.2 Å². The summed E-state index contributed by atoms with van der Waals surface area (Å²) in [4.78, 5) is 29.9. The summed E-state index contributed by atoms with van der Waals surface area (Å²) in [6.07, 6.45) is -1.51. The van der Waals surface area contributed by atoms with E-state index < -0.39 is 18.0 Å². The Bertz CT molecular complexity index is 1320. The number of hydrogen-bond donors (Lipinski definition) is 2. The average molecular weight is 577 g/mol. The third kappa shape index (κ3) is 8.00. The number of pyridine rings is 1. The van der Waals surface area contributed by atoms with Gasteiger partial charge in [-0.25, -0.2) is 9.78 Å². The van der Waals surface area contributed by atoms with Crippen molar-refractivity contribution in [2.75, 3.05) is 18.5 Å². The van der Waals surface area contributed by atoms with Gasteiger partial charge in [0, 0.05) is 48.2 Å². The number of hydrogen-bond acceptors (Lipinski definition) is 5. The van der Waals surface area contributed by atoms with Crippen LogP contribution in [0, 0.1) is 0 Å². The highest BCUT2D eigenvalue weighted by Crippen LogP contribution is 2.37. The molecule has 1 aromatic heterocycles. The van der Waals surface area contributed by atoms with Crippen molar-refractivity contribution in [1.29, 1.82) is 0 Å². The van der Waals surface area contributed by atoms with Crippen LogP contribution >= 0.6 is 11.6 Å². The highest BCUT2D eigenvalue weighted by molar-refractivity contribution is 6.31. The van der Waals surface area contributed by atoms with E-state index in [4.69, 9.17) is 16.3 Å². The fourth-order valence-corrected chi connectivity index (χ4v) is 5.11. The van der Waals surface area contributed by atoms with Crippen molar-refractivity contribution in [2.24, 2.45) is 0 Å². The van der Waals surface area contributed by atoms with Gasteiger partial charge in [-0.05, 0) is 61.9 Å². The molecule has 214 valence electrons. The lowest BCUT2D eigenvalue weighted by atomic mass is 9.89. The molecule has 1 aliphatic rings. The summed E-state index contributed by atoms with van der Waals surface area (Å²) >= 11 is 6.14. The SMILES string of the molecule is CN(c1cc(C(F)(F)F)nc2ccc(Cl)cc12)[C@H]1CC[C@@H](NC(=O)CCCNC(=O)OCc2ccccc2)CC1. The summed E-state index contributed by atoms with van der Waals surface area (Å²) in [5.74, 6) is -0.0964. The van der Waals surface area contributed by atoms with Crippen LogP contribution in [0.2, 0.25) is 5.02 Å². The van der Waals surface area contributed by atoms with Gasteiger partial charge in [-0.1, -0.05) is 41.9 Å². The van der Waals surface area contributed by atoms with E-state index in [1.54, 1.807) is 13.1 Å². The lowest BCUT2D eigenvalue weighted by Crippen LogP contribution is -2.43. The van der Waals surface area contributed by atoms with Crippen LogP contribution in [0.3, 0.4) is 0 Å². The smallest absolute Gasteiger partial charge is 0.433 e. The number of carbonyl (C=O) groups is 2. The maximum absolute atomic E-state index is 13.5. The Morgan fingerprint density at radius 1 is 1.07 bits per heavy atom. The van der Waals surface area contributed by atoms with Gasteiger partial charge in [0.2, 0.25) is 5.91 Å². The summed E-state index contributed by atoms with van der Waals surface area (Å²) in [7, 11) is 1.79. The molecule has 0 atom stereocenters. The molecule has 40 heavy (non-hydrogen) atoms. The fraction of sp³-hybridized carbons (Fsp3) is 0.414. The Hall–Kier alpha value is -3.53.